The quantitative estimate of drug-likeness (QED) is 0.711. The van der Waals surface area contributed by atoms with Crippen molar-refractivity contribution in [3.05, 3.63) is 63.3 Å². The largest absolute Gasteiger partial charge is 0.464 e. The minimum atomic E-state index is -0.112. The van der Waals surface area contributed by atoms with E-state index in [0.717, 1.165) is 42.3 Å². The number of furan rings is 1. The Morgan fingerprint density at radius 1 is 1.48 bits per heavy atom. The first kappa shape index (κ1) is 16.2. The number of aromatic amines is 1. The first-order chi connectivity index (χ1) is 12.2. The molecule has 4 rings (SSSR count). The summed E-state index contributed by atoms with van der Waals surface area (Å²) in [4.78, 5) is 11.5. The lowest BCUT2D eigenvalue weighted by Gasteiger charge is -2.33. The predicted molar refractivity (Wildman–Crippen MR) is 96.3 cm³/mol. The molecule has 0 bridgehead atoms. The molecule has 25 heavy (non-hydrogen) atoms. The van der Waals surface area contributed by atoms with E-state index in [2.05, 4.69) is 32.8 Å². The van der Waals surface area contributed by atoms with Crippen molar-refractivity contribution in [1.82, 2.24) is 14.9 Å². The molecule has 0 amide bonds. The van der Waals surface area contributed by atoms with Gasteiger partial charge in [0.15, 0.2) is 0 Å². The highest BCUT2D eigenvalue weighted by Crippen LogP contribution is 2.35. The summed E-state index contributed by atoms with van der Waals surface area (Å²) in [6.45, 7) is 3.62. The van der Waals surface area contributed by atoms with Crippen molar-refractivity contribution < 1.29 is 9.52 Å². The van der Waals surface area contributed by atoms with Crippen LogP contribution in [-0.4, -0.2) is 33.1 Å². The molecular formula is C19H19N3O2S. The van der Waals surface area contributed by atoms with Crippen molar-refractivity contribution in [1.29, 1.82) is 0 Å². The first-order valence-electron chi connectivity index (χ1n) is 8.24. The van der Waals surface area contributed by atoms with E-state index in [0.29, 0.717) is 0 Å². The minimum absolute atomic E-state index is 0.0257. The molecule has 0 aliphatic carbocycles. The zero-order valence-corrected chi connectivity index (χ0v) is 14.8. The fourth-order valence-electron chi connectivity index (χ4n) is 3.28. The molecule has 3 aromatic rings. The molecule has 2 N–H and O–H groups in total. The van der Waals surface area contributed by atoms with Crippen LogP contribution in [0.15, 0.2) is 34.3 Å². The number of aromatic nitrogens is 2. The molecule has 4 heterocycles. The first-order valence-corrected chi connectivity index (χ1v) is 9.12. The van der Waals surface area contributed by atoms with E-state index in [1.807, 2.05) is 24.4 Å². The van der Waals surface area contributed by atoms with E-state index in [4.69, 9.17) is 9.52 Å². The normalized spacial score (nSPS) is 17.1. The Morgan fingerprint density at radius 2 is 2.40 bits per heavy atom. The Hall–Kier alpha value is -2.33. The number of H-pyrrole nitrogens is 1. The molecule has 0 saturated heterocycles. The Kier molecular flexibility index (Phi) is 4.45. The summed E-state index contributed by atoms with van der Waals surface area (Å²) in [5.41, 5.74) is 3.20. The Bertz CT molecular complexity index is 928. The molecule has 0 fully saturated rings. The second-order valence-electron chi connectivity index (χ2n) is 6.10. The lowest BCUT2D eigenvalue weighted by Crippen LogP contribution is -2.35. The third-order valence-electron chi connectivity index (χ3n) is 4.38. The fourth-order valence-corrected chi connectivity index (χ4v) is 4.12. The summed E-state index contributed by atoms with van der Waals surface area (Å²) in [6.07, 6.45) is 2.72. The molecule has 1 aliphatic rings. The van der Waals surface area contributed by atoms with Crippen LogP contribution in [0.4, 0.5) is 0 Å². The topological polar surface area (TPSA) is 65.3 Å². The van der Waals surface area contributed by atoms with Gasteiger partial charge in [0.2, 0.25) is 0 Å². The number of fused-ring (bicyclic) bond motifs is 1. The molecule has 0 saturated carbocycles. The summed E-state index contributed by atoms with van der Waals surface area (Å²) in [5.74, 6) is 7.51. The van der Waals surface area contributed by atoms with Gasteiger partial charge < -0.3 is 14.5 Å². The molecule has 1 aliphatic heterocycles. The Morgan fingerprint density at radius 3 is 3.20 bits per heavy atom. The van der Waals surface area contributed by atoms with E-state index in [1.54, 1.807) is 17.7 Å². The van der Waals surface area contributed by atoms with Gasteiger partial charge in [0.05, 0.1) is 12.0 Å². The van der Waals surface area contributed by atoms with Crippen LogP contribution in [-0.2, 0) is 13.0 Å². The zero-order chi connectivity index (χ0) is 17.2. The molecular weight excluding hydrogens is 334 g/mol. The summed E-state index contributed by atoms with van der Waals surface area (Å²) >= 11 is 1.69. The van der Waals surface area contributed by atoms with E-state index in [1.165, 1.54) is 10.6 Å². The number of nitrogens with one attached hydrogen (secondary N) is 1. The van der Waals surface area contributed by atoms with Crippen LogP contribution in [0.5, 0.6) is 0 Å². The number of hydrogen-bond acceptors (Lipinski definition) is 5. The molecule has 128 valence electrons. The highest BCUT2D eigenvalue weighted by molar-refractivity contribution is 7.10. The number of imidazole rings is 1. The van der Waals surface area contributed by atoms with Crippen molar-refractivity contribution in [3.8, 4) is 11.8 Å². The van der Waals surface area contributed by atoms with Crippen LogP contribution in [0.3, 0.4) is 0 Å². The number of aliphatic hydroxyl groups is 1. The van der Waals surface area contributed by atoms with E-state index < -0.39 is 0 Å². The maximum Gasteiger partial charge on any atom is 0.127 e. The number of aryl methyl sites for hydroxylation is 1. The van der Waals surface area contributed by atoms with Gasteiger partial charge in [-0.15, -0.1) is 11.3 Å². The average molecular weight is 353 g/mol. The number of hydrogen-bond donors (Lipinski definition) is 2. The minimum Gasteiger partial charge on any atom is -0.464 e. The third kappa shape index (κ3) is 3.27. The number of aliphatic hydroxyl groups excluding tert-OH is 1. The SMILES string of the molecule is Cc1ccc([C@@H]2c3nc[nH]c3CCN2Cc2cc(C#CCO)cs2)o1. The van der Waals surface area contributed by atoms with Crippen LogP contribution in [0.25, 0.3) is 0 Å². The average Bonchev–Trinajstić information content (AvgIpc) is 3.34. The number of rotatable bonds is 3. The highest BCUT2D eigenvalue weighted by Gasteiger charge is 2.33. The van der Waals surface area contributed by atoms with Gasteiger partial charge in [-0.25, -0.2) is 4.98 Å². The molecule has 1 atom stereocenters. The van der Waals surface area contributed by atoms with Crippen molar-refractivity contribution >= 4 is 11.3 Å². The van der Waals surface area contributed by atoms with Gasteiger partial charge in [0.25, 0.3) is 0 Å². The number of thiophene rings is 1. The van der Waals surface area contributed by atoms with Gasteiger partial charge in [0, 0.05) is 41.0 Å². The third-order valence-corrected chi connectivity index (χ3v) is 5.30. The lowest BCUT2D eigenvalue weighted by atomic mass is 10.0. The lowest BCUT2D eigenvalue weighted by molar-refractivity contribution is 0.179. The zero-order valence-electron chi connectivity index (χ0n) is 14.0. The van der Waals surface area contributed by atoms with Gasteiger partial charge >= 0.3 is 0 Å². The van der Waals surface area contributed by atoms with Crippen molar-refractivity contribution in [3.63, 3.8) is 0 Å². The maximum absolute atomic E-state index is 8.83. The van der Waals surface area contributed by atoms with Crippen LogP contribution in [0, 0.1) is 18.8 Å². The summed E-state index contributed by atoms with van der Waals surface area (Å²) in [7, 11) is 0. The van der Waals surface area contributed by atoms with Gasteiger partial charge in [-0.05, 0) is 25.1 Å². The monoisotopic (exact) mass is 353 g/mol. The van der Waals surface area contributed by atoms with Crippen molar-refractivity contribution in [2.24, 2.45) is 0 Å². The molecule has 5 nitrogen and oxygen atoms in total. The molecule has 6 heteroatoms. The molecule has 0 aromatic carbocycles. The van der Waals surface area contributed by atoms with Gasteiger partial charge in [-0.2, -0.15) is 0 Å². The summed E-state index contributed by atoms with van der Waals surface area (Å²) in [5, 5.41) is 10.9. The van der Waals surface area contributed by atoms with Crippen LogP contribution < -0.4 is 0 Å². The summed E-state index contributed by atoms with van der Waals surface area (Å²) < 4.78 is 5.93. The molecule has 0 spiro atoms. The fraction of sp³-hybridized carbons (Fsp3) is 0.316. The van der Waals surface area contributed by atoms with E-state index >= 15 is 0 Å². The molecule has 0 unspecified atom stereocenters. The predicted octanol–water partition coefficient (Wildman–Crippen LogP) is 2.86. The smallest absolute Gasteiger partial charge is 0.127 e. The second-order valence-corrected chi connectivity index (χ2v) is 7.10. The van der Waals surface area contributed by atoms with Crippen LogP contribution in [0.2, 0.25) is 0 Å². The van der Waals surface area contributed by atoms with Crippen LogP contribution >= 0.6 is 11.3 Å². The maximum atomic E-state index is 8.83. The van der Waals surface area contributed by atoms with Crippen molar-refractivity contribution in [2.75, 3.05) is 13.2 Å². The second kappa shape index (κ2) is 6.89. The summed E-state index contributed by atoms with van der Waals surface area (Å²) in [6, 6.07) is 6.17. The van der Waals surface area contributed by atoms with E-state index in [9.17, 15) is 0 Å². The Balaban J connectivity index is 1.62. The molecule has 0 radical (unpaired) electrons. The van der Waals surface area contributed by atoms with Crippen LogP contribution in [0.1, 0.15) is 39.4 Å². The van der Waals surface area contributed by atoms with Gasteiger partial charge in [-0.1, -0.05) is 11.8 Å². The standard InChI is InChI=1S/C19H19N3O2S/c1-13-4-5-17(24-13)19-18-16(20-12-21-18)6-7-22(19)10-15-9-14(11-25-15)3-2-8-23/h4-5,9,11-12,19,23H,6-8,10H2,1H3,(H,20,21)/t19-/m1/s1. The van der Waals surface area contributed by atoms with Crippen molar-refractivity contribution in [2.45, 2.75) is 25.9 Å². The van der Waals surface area contributed by atoms with Gasteiger partial charge in [-0.3, -0.25) is 4.90 Å². The van der Waals surface area contributed by atoms with E-state index in [-0.39, 0.29) is 12.6 Å². The number of nitrogens with zero attached hydrogens (tertiary/aromatic N) is 2. The highest BCUT2D eigenvalue weighted by atomic mass is 32.1. The molecule has 3 aromatic heterocycles. The Labute approximate surface area is 150 Å². The van der Waals surface area contributed by atoms with Gasteiger partial charge in [0.1, 0.15) is 24.2 Å².